The Balaban J connectivity index is 1.59. The molecule has 0 radical (unpaired) electrons. The fraction of sp³-hybridized carbons (Fsp3) is 0.455. The minimum atomic E-state index is -1.01. The summed E-state index contributed by atoms with van der Waals surface area (Å²) in [5.41, 5.74) is 1.92. The molecular weight excluding hydrogens is 337 g/mol. The summed E-state index contributed by atoms with van der Waals surface area (Å²) in [6.07, 6.45) is 4.94. The van der Waals surface area contributed by atoms with Crippen LogP contribution < -0.4 is 4.74 Å². The van der Waals surface area contributed by atoms with Crippen molar-refractivity contribution in [2.45, 2.75) is 46.0 Å². The third kappa shape index (κ3) is 2.70. The van der Waals surface area contributed by atoms with E-state index in [0.29, 0.717) is 35.6 Å². The molecule has 2 aliphatic rings. The van der Waals surface area contributed by atoms with E-state index in [1.54, 1.807) is 12.1 Å². The molecule has 4 rings (SSSR count). The van der Waals surface area contributed by atoms with E-state index in [2.05, 4.69) is 6.92 Å². The van der Waals surface area contributed by atoms with Crippen LogP contribution in [0.2, 0.25) is 0 Å². The van der Waals surface area contributed by atoms with Crippen molar-refractivity contribution in [3.8, 4) is 28.0 Å². The van der Waals surface area contributed by atoms with E-state index in [-0.39, 0.29) is 16.9 Å². The Morgan fingerprint density at radius 1 is 0.923 bits per heavy atom. The fourth-order valence-corrected chi connectivity index (χ4v) is 4.17. The Kier molecular flexibility index (Phi) is 4.45. The SMILES string of the molecule is CCc1ccc2c(c1F)-c1c-2cc(OCC2CCC(C)CC2)c(F)c1F. The molecule has 1 fully saturated rings. The normalized spacial score (nSPS) is 21.0. The lowest BCUT2D eigenvalue weighted by atomic mass is 9.78. The number of ether oxygens (including phenoxy) is 1. The molecule has 1 saturated carbocycles. The van der Waals surface area contributed by atoms with E-state index in [1.165, 1.54) is 6.07 Å². The van der Waals surface area contributed by atoms with Gasteiger partial charge in [0.1, 0.15) is 5.82 Å². The summed E-state index contributed by atoms with van der Waals surface area (Å²) in [6.45, 7) is 4.48. The lowest BCUT2D eigenvalue weighted by Crippen LogP contribution is -2.19. The van der Waals surface area contributed by atoms with E-state index in [9.17, 15) is 13.2 Å². The van der Waals surface area contributed by atoms with Gasteiger partial charge in [-0.15, -0.1) is 0 Å². The lowest BCUT2D eigenvalue weighted by Gasteiger charge is -2.28. The van der Waals surface area contributed by atoms with Gasteiger partial charge in [-0.1, -0.05) is 38.8 Å². The van der Waals surface area contributed by atoms with Gasteiger partial charge in [-0.2, -0.15) is 4.39 Å². The predicted octanol–water partition coefficient (Wildman–Crippen LogP) is 6.52. The molecule has 0 aliphatic heterocycles. The number of aryl methyl sites for hydroxylation is 1. The van der Waals surface area contributed by atoms with Gasteiger partial charge in [0.15, 0.2) is 11.6 Å². The lowest BCUT2D eigenvalue weighted by molar-refractivity contribution is 0.182. The first kappa shape index (κ1) is 17.4. The maximum absolute atomic E-state index is 14.6. The molecule has 0 N–H and O–H groups in total. The van der Waals surface area contributed by atoms with Gasteiger partial charge in [-0.05, 0) is 53.9 Å². The van der Waals surface area contributed by atoms with E-state index in [0.717, 1.165) is 31.6 Å². The Morgan fingerprint density at radius 2 is 1.62 bits per heavy atom. The topological polar surface area (TPSA) is 9.23 Å². The summed E-state index contributed by atoms with van der Waals surface area (Å²) in [5.74, 6) is -1.41. The third-order valence-corrected chi connectivity index (χ3v) is 5.93. The van der Waals surface area contributed by atoms with E-state index >= 15 is 0 Å². The zero-order valence-corrected chi connectivity index (χ0v) is 15.2. The monoisotopic (exact) mass is 360 g/mol. The van der Waals surface area contributed by atoms with Gasteiger partial charge in [0.05, 0.1) is 6.61 Å². The second-order valence-electron chi connectivity index (χ2n) is 7.68. The average Bonchev–Trinajstić information content (AvgIpc) is 2.62. The molecule has 0 saturated heterocycles. The highest BCUT2D eigenvalue weighted by atomic mass is 19.2. The largest absolute Gasteiger partial charge is 0.490 e. The van der Waals surface area contributed by atoms with Gasteiger partial charge in [0.2, 0.25) is 5.82 Å². The average molecular weight is 360 g/mol. The molecule has 138 valence electrons. The molecule has 0 spiro atoms. The number of rotatable bonds is 4. The van der Waals surface area contributed by atoms with Gasteiger partial charge < -0.3 is 4.74 Å². The Morgan fingerprint density at radius 3 is 2.31 bits per heavy atom. The first-order chi connectivity index (χ1) is 12.5. The van der Waals surface area contributed by atoms with Crippen molar-refractivity contribution in [1.82, 2.24) is 0 Å². The molecule has 0 amide bonds. The van der Waals surface area contributed by atoms with Crippen LogP contribution in [-0.4, -0.2) is 6.61 Å². The zero-order valence-electron chi connectivity index (χ0n) is 15.2. The van der Waals surface area contributed by atoms with Crippen molar-refractivity contribution in [2.24, 2.45) is 11.8 Å². The molecule has 0 heterocycles. The van der Waals surface area contributed by atoms with Crippen LogP contribution in [0.15, 0.2) is 18.2 Å². The summed E-state index contributed by atoms with van der Waals surface area (Å²) in [6, 6.07) is 5.01. The summed E-state index contributed by atoms with van der Waals surface area (Å²) >= 11 is 0. The second-order valence-corrected chi connectivity index (χ2v) is 7.68. The highest BCUT2D eigenvalue weighted by Gasteiger charge is 2.34. The number of fused-ring (bicyclic) bond motifs is 4. The summed E-state index contributed by atoms with van der Waals surface area (Å²) in [4.78, 5) is 0. The highest BCUT2D eigenvalue weighted by Crippen LogP contribution is 2.52. The van der Waals surface area contributed by atoms with Gasteiger partial charge in [0, 0.05) is 11.1 Å². The summed E-state index contributed by atoms with van der Waals surface area (Å²) in [5, 5.41) is 0. The van der Waals surface area contributed by atoms with Crippen LogP contribution in [0.5, 0.6) is 5.75 Å². The molecule has 0 aromatic heterocycles. The van der Waals surface area contributed by atoms with Crippen LogP contribution in [0.4, 0.5) is 13.2 Å². The van der Waals surface area contributed by atoms with Crippen molar-refractivity contribution in [3.63, 3.8) is 0 Å². The first-order valence-electron chi connectivity index (χ1n) is 9.48. The van der Waals surface area contributed by atoms with Gasteiger partial charge in [-0.3, -0.25) is 0 Å². The van der Waals surface area contributed by atoms with Crippen molar-refractivity contribution in [3.05, 3.63) is 41.2 Å². The summed E-state index contributed by atoms with van der Waals surface area (Å²) in [7, 11) is 0. The zero-order chi connectivity index (χ0) is 18.4. The van der Waals surface area contributed by atoms with E-state index in [1.807, 2.05) is 6.92 Å². The molecule has 1 nitrogen and oxygen atoms in total. The predicted molar refractivity (Wildman–Crippen MR) is 96.7 cm³/mol. The van der Waals surface area contributed by atoms with Gasteiger partial charge >= 0.3 is 0 Å². The number of benzene rings is 2. The minimum Gasteiger partial charge on any atom is -0.490 e. The van der Waals surface area contributed by atoms with Gasteiger partial charge in [0.25, 0.3) is 0 Å². The third-order valence-electron chi connectivity index (χ3n) is 5.93. The van der Waals surface area contributed by atoms with Crippen LogP contribution >= 0.6 is 0 Å². The van der Waals surface area contributed by atoms with Crippen LogP contribution in [0, 0.1) is 29.3 Å². The molecule has 4 heteroatoms. The molecular formula is C22H23F3O. The first-order valence-corrected chi connectivity index (χ1v) is 9.48. The maximum Gasteiger partial charge on any atom is 0.201 e. The molecule has 0 atom stereocenters. The van der Waals surface area contributed by atoms with Crippen LogP contribution in [0.25, 0.3) is 22.3 Å². The summed E-state index contributed by atoms with van der Waals surface area (Å²) < 4.78 is 49.2. The van der Waals surface area contributed by atoms with Crippen molar-refractivity contribution in [1.29, 1.82) is 0 Å². The van der Waals surface area contributed by atoms with Crippen molar-refractivity contribution >= 4 is 0 Å². The molecule has 2 aromatic rings. The Labute approximate surface area is 152 Å². The van der Waals surface area contributed by atoms with E-state index < -0.39 is 17.5 Å². The van der Waals surface area contributed by atoms with Crippen LogP contribution in [-0.2, 0) is 6.42 Å². The van der Waals surface area contributed by atoms with E-state index in [4.69, 9.17) is 4.74 Å². The maximum atomic E-state index is 14.6. The molecule has 2 aromatic carbocycles. The smallest absolute Gasteiger partial charge is 0.201 e. The standard InChI is InChI=1S/C22H23F3O/c1-3-14-8-9-15-16-10-17(26-11-13-6-4-12(2)5-7-13)21(24)22(25)19(16)18(15)20(14)23/h8-10,12-13H,3-7,11H2,1-2H3. The highest BCUT2D eigenvalue weighted by molar-refractivity contribution is 6.03. The fourth-order valence-electron chi connectivity index (χ4n) is 4.17. The van der Waals surface area contributed by atoms with Crippen molar-refractivity contribution < 1.29 is 17.9 Å². The van der Waals surface area contributed by atoms with Gasteiger partial charge in [-0.25, -0.2) is 8.78 Å². The second kappa shape index (κ2) is 6.64. The van der Waals surface area contributed by atoms with Crippen molar-refractivity contribution in [2.75, 3.05) is 6.61 Å². The Hall–Kier alpha value is -1.97. The minimum absolute atomic E-state index is 0.0455. The molecule has 26 heavy (non-hydrogen) atoms. The Bertz CT molecular complexity index is 851. The number of hydrogen-bond acceptors (Lipinski definition) is 1. The number of halogens is 3. The number of hydrogen-bond donors (Lipinski definition) is 0. The molecule has 0 unspecified atom stereocenters. The molecule has 0 bridgehead atoms. The molecule has 2 aliphatic carbocycles. The van der Waals surface area contributed by atoms with Crippen LogP contribution in [0.3, 0.4) is 0 Å². The quantitative estimate of drug-likeness (QED) is 0.515. The van der Waals surface area contributed by atoms with Crippen LogP contribution in [0.1, 0.15) is 45.1 Å².